The molecule has 0 aliphatic rings. The molecule has 0 amide bonds. The lowest BCUT2D eigenvalue weighted by atomic mass is 10.1. The van der Waals surface area contributed by atoms with Crippen molar-refractivity contribution in [2.45, 2.75) is 23.6 Å². The van der Waals surface area contributed by atoms with E-state index in [1.54, 1.807) is 6.92 Å². The molecule has 2 nitrogen and oxygen atoms in total. The maximum atomic E-state index is 11.8. The minimum absolute atomic E-state index is 0.0279. The highest BCUT2D eigenvalue weighted by Gasteiger charge is 2.07. The van der Waals surface area contributed by atoms with Crippen LogP contribution in [0.25, 0.3) is 0 Å². The third-order valence-corrected chi connectivity index (χ3v) is 5.40. The average Bonchev–Trinajstić information content (AvgIpc) is 2.62. The first-order chi connectivity index (χ1) is 12.4. The van der Waals surface area contributed by atoms with Crippen molar-refractivity contribution in [1.29, 1.82) is 0 Å². The third kappa shape index (κ3) is 5.80. The van der Waals surface area contributed by atoms with Crippen molar-refractivity contribution >= 4 is 33.8 Å². The Morgan fingerprint density at radius 3 is 2.19 bits per heavy atom. The van der Waals surface area contributed by atoms with E-state index in [-0.39, 0.29) is 10.2 Å². The molecule has 0 saturated carbocycles. The standard InChI is InChI=1S/C22H18O2S2/c1-5-21(23)25-19-11-8-17(9-12-19)6-7-18-10-13-20(16(4)14-18)26-22(24)15(2)3/h5,8-14H,1-2H2,3-4H3. The molecule has 2 aromatic carbocycles. The summed E-state index contributed by atoms with van der Waals surface area (Å²) in [5.74, 6) is 6.23. The van der Waals surface area contributed by atoms with Gasteiger partial charge in [-0.2, -0.15) is 0 Å². The number of hydrogen-bond donors (Lipinski definition) is 0. The number of carbonyl (C=O) groups excluding carboxylic acids is 2. The first-order valence-electron chi connectivity index (χ1n) is 7.83. The monoisotopic (exact) mass is 378 g/mol. The quantitative estimate of drug-likeness (QED) is 0.406. The Morgan fingerprint density at radius 1 is 1.00 bits per heavy atom. The summed E-state index contributed by atoms with van der Waals surface area (Å²) in [6, 6.07) is 13.3. The van der Waals surface area contributed by atoms with E-state index in [1.807, 2.05) is 49.4 Å². The van der Waals surface area contributed by atoms with Gasteiger partial charge >= 0.3 is 0 Å². The molecule has 2 rings (SSSR count). The van der Waals surface area contributed by atoms with E-state index in [0.717, 1.165) is 38.2 Å². The van der Waals surface area contributed by atoms with Gasteiger partial charge in [0.2, 0.25) is 10.2 Å². The van der Waals surface area contributed by atoms with Crippen molar-refractivity contribution in [2.24, 2.45) is 0 Å². The number of aryl methyl sites for hydroxylation is 1. The molecule has 0 aromatic heterocycles. The summed E-state index contributed by atoms with van der Waals surface area (Å²) in [5.41, 5.74) is 3.30. The second-order valence-corrected chi connectivity index (χ2v) is 7.64. The van der Waals surface area contributed by atoms with Crippen LogP contribution in [0.5, 0.6) is 0 Å². The molecular weight excluding hydrogens is 360 g/mol. The SMILES string of the molecule is C=CC(=O)Sc1ccc(C#Cc2ccc(SC(=O)C(=C)C)c(C)c2)cc1. The zero-order valence-electron chi connectivity index (χ0n) is 14.7. The number of carbonyl (C=O) groups is 2. The van der Waals surface area contributed by atoms with Gasteiger partial charge in [0, 0.05) is 20.9 Å². The van der Waals surface area contributed by atoms with Crippen LogP contribution in [0.2, 0.25) is 0 Å². The molecule has 130 valence electrons. The second-order valence-electron chi connectivity index (χ2n) is 5.55. The summed E-state index contributed by atoms with van der Waals surface area (Å²) in [7, 11) is 0. The minimum Gasteiger partial charge on any atom is -0.282 e. The lowest BCUT2D eigenvalue weighted by molar-refractivity contribution is -0.108. The molecule has 0 N–H and O–H groups in total. The summed E-state index contributed by atoms with van der Waals surface area (Å²) in [4.78, 5) is 24.9. The molecule has 2 aromatic rings. The van der Waals surface area contributed by atoms with E-state index in [0.29, 0.717) is 5.57 Å². The van der Waals surface area contributed by atoms with E-state index >= 15 is 0 Å². The van der Waals surface area contributed by atoms with Crippen LogP contribution < -0.4 is 0 Å². The van der Waals surface area contributed by atoms with Crippen molar-refractivity contribution in [3.8, 4) is 11.8 Å². The highest BCUT2D eigenvalue weighted by atomic mass is 32.2. The molecule has 0 atom stereocenters. The van der Waals surface area contributed by atoms with Crippen LogP contribution in [0.15, 0.2) is 77.1 Å². The topological polar surface area (TPSA) is 34.1 Å². The molecule has 0 saturated heterocycles. The zero-order valence-corrected chi connectivity index (χ0v) is 16.3. The molecule has 26 heavy (non-hydrogen) atoms. The lowest BCUT2D eigenvalue weighted by Gasteiger charge is -2.04. The number of benzene rings is 2. The molecule has 0 fully saturated rings. The normalized spacial score (nSPS) is 9.77. The first-order valence-corrected chi connectivity index (χ1v) is 9.47. The second kappa shape index (κ2) is 9.28. The van der Waals surface area contributed by atoms with E-state index in [1.165, 1.54) is 17.8 Å². The fourth-order valence-corrected chi connectivity index (χ4v) is 3.25. The summed E-state index contributed by atoms with van der Waals surface area (Å²) >= 11 is 2.32. The van der Waals surface area contributed by atoms with Gasteiger partial charge in [0.25, 0.3) is 0 Å². The molecule has 0 aliphatic heterocycles. The van der Waals surface area contributed by atoms with Crippen molar-refractivity contribution < 1.29 is 9.59 Å². The van der Waals surface area contributed by atoms with Gasteiger partial charge in [-0.15, -0.1) is 0 Å². The zero-order chi connectivity index (χ0) is 19.1. The van der Waals surface area contributed by atoms with E-state index < -0.39 is 0 Å². The van der Waals surface area contributed by atoms with Gasteiger partial charge in [0.1, 0.15) is 0 Å². The minimum atomic E-state index is -0.0811. The number of thioether (sulfide) groups is 2. The molecular formula is C22H18O2S2. The predicted octanol–water partition coefficient (Wildman–Crippen LogP) is 5.39. The Bertz CT molecular complexity index is 929. The van der Waals surface area contributed by atoms with Gasteiger partial charge in [0.05, 0.1) is 0 Å². The maximum absolute atomic E-state index is 11.8. The highest BCUT2D eigenvalue weighted by molar-refractivity contribution is 8.14. The summed E-state index contributed by atoms with van der Waals surface area (Å²) in [5, 5.41) is -0.109. The smallest absolute Gasteiger partial charge is 0.219 e. The summed E-state index contributed by atoms with van der Waals surface area (Å²) in [6.45, 7) is 10.8. The van der Waals surface area contributed by atoms with Crippen LogP contribution in [0.1, 0.15) is 23.6 Å². The summed E-state index contributed by atoms with van der Waals surface area (Å²) < 4.78 is 0. The van der Waals surface area contributed by atoms with E-state index in [9.17, 15) is 9.59 Å². The largest absolute Gasteiger partial charge is 0.282 e. The Hall–Kier alpha value is -2.48. The number of rotatable bonds is 4. The van der Waals surface area contributed by atoms with Crippen LogP contribution in [-0.4, -0.2) is 10.2 Å². The molecule has 0 spiro atoms. The van der Waals surface area contributed by atoms with Gasteiger partial charge in [-0.05, 0) is 97.0 Å². The fraction of sp³-hybridized carbons (Fsp3) is 0.0909. The van der Waals surface area contributed by atoms with Crippen molar-refractivity contribution in [3.63, 3.8) is 0 Å². The molecule has 0 heterocycles. The predicted molar refractivity (Wildman–Crippen MR) is 110 cm³/mol. The molecule has 0 unspecified atom stereocenters. The van der Waals surface area contributed by atoms with Crippen molar-refractivity contribution in [1.82, 2.24) is 0 Å². The van der Waals surface area contributed by atoms with Crippen LogP contribution in [0, 0.1) is 18.8 Å². The van der Waals surface area contributed by atoms with Gasteiger partial charge in [-0.3, -0.25) is 9.59 Å². The Labute approximate surface area is 162 Å². The molecule has 0 bridgehead atoms. The third-order valence-electron chi connectivity index (χ3n) is 3.32. The Morgan fingerprint density at radius 2 is 1.62 bits per heavy atom. The van der Waals surface area contributed by atoms with Crippen LogP contribution >= 0.6 is 23.5 Å². The van der Waals surface area contributed by atoms with Crippen molar-refractivity contribution in [2.75, 3.05) is 0 Å². The van der Waals surface area contributed by atoms with Crippen molar-refractivity contribution in [3.05, 3.63) is 84.0 Å². The fourth-order valence-electron chi connectivity index (χ4n) is 1.94. The first kappa shape index (κ1) is 19.8. The lowest BCUT2D eigenvalue weighted by Crippen LogP contribution is -1.93. The highest BCUT2D eigenvalue weighted by Crippen LogP contribution is 2.26. The van der Waals surface area contributed by atoms with Crippen LogP contribution in [-0.2, 0) is 9.59 Å². The van der Waals surface area contributed by atoms with Crippen LogP contribution in [0.4, 0.5) is 0 Å². The molecule has 0 aliphatic carbocycles. The van der Waals surface area contributed by atoms with Gasteiger partial charge < -0.3 is 0 Å². The molecule has 4 heteroatoms. The summed E-state index contributed by atoms with van der Waals surface area (Å²) in [6.07, 6.45) is 1.30. The van der Waals surface area contributed by atoms with Gasteiger partial charge in [-0.25, -0.2) is 0 Å². The average molecular weight is 379 g/mol. The maximum Gasteiger partial charge on any atom is 0.219 e. The van der Waals surface area contributed by atoms with Gasteiger partial charge in [-0.1, -0.05) is 25.0 Å². The molecule has 0 radical (unpaired) electrons. The van der Waals surface area contributed by atoms with Crippen LogP contribution in [0.3, 0.4) is 0 Å². The number of hydrogen-bond acceptors (Lipinski definition) is 4. The Balaban J connectivity index is 2.11. The van der Waals surface area contributed by atoms with E-state index in [2.05, 4.69) is 25.0 Å². The van der Waals surface area contributed by atoms with E-state index in [4.69, 9.17) is 0 Å². The van der Waals surface area contributed by atoms with Gasteiger partial charge in [0.15, 0.2) is 0 Å². The Kier molecular flexibility index (Phi) is 7.08.